The van der Waals surface area contributed by atoms with Crippen molar-refractivity contribution in [2.75, 3.05) is 0 Å². The van der Waals surface area contributed by atoms with Crippen LogP contribution in [0.4, 0.5) is 0 Å². The van der Waals surface area contributed by atoms with Gasteiger partial charge in [0.1, 0.15) is 132 Å². The SMILES string of the molecule is [B]c1c([B])c([B])c2c(oc3c([B])c(-c4nc(-c5ccc(-c6cccc(-c7ccccc7)c6)cc5)nc(-c5c([B])c([B])c([B])c6oc7c([B])c([B])c([B])c([B])c7c56)n4)c([B])c([B])c32)c1[B]. The van der Waals surface area contributed by atoms with Gasteiger partial charge < -0.3 is 8.83 Å². The Bertz CT molecular complexity index is 3670. The van der Waals surface area contributed by atoms with Crippen molar-refractivity contribution in [1.82, 2.24) is 15.0 Å². The second kappa shape index (κ2) is 15.4. The van der Waals surface area contributed by atoms with Gasteiger partial charge in [0.2, 0.25) is 0 Å². The highest BCUT2D eigenvalue weighted by molar-refractivity contribution is 6.70. The number of aromatic nitrogens is 3. The van der Waals surface area contributed by atoms with E-state index < -0.39 is 0 Å². The van der Waals surface area contributed by atoms with Gasteiger partial charge in [-0.15, -0.1) is 27.3 Å². The Hall–Kier alpha value is -5.94. The molecule has 0 aliphatic heterocycles. The van der Waals surface area contributed by atoms with Gasteiger partial charge in [-0.3, -0.25) is 0 Å². The van der Waals surface area contributed by atoms with E-state index in [1.807, 2.05) is 54.6 Å². The fourth-order valence-corrected chi connectivity index (χ4v) is 8.31. The van der Waals surface area contributed by atoms with Crippen LogP contribution >= 0.6 is 0 Å². The van der Waals surface area contributed by atoms with Crippen LogP contribution in [0.25, 0.3) is 100 Å². The first-order valence-corrected chi connectivity index (χ1v) is 19.5. The normalized spacial score (nSPS) is 11.7. The lowest BCUT2D eigenvalue weighted by molar-refractivity contribution is 0.674. The van der Waals surface area contributed by atoms with Crippen molar-refractivity contribution in [3.05, 3.63) is 78.9 Å². The van der Waals surface area contributed by atoms with E-state index in [9.17, 15) is 0 Å². The van der Waals surface area contributed by atoms with Gasteiger partial charge in [-0.1, -0.05) is 116 Å². The summed E-state index contributed by atoms with van der Waals surface area (Å²) in [6, 6.07) is 25.9. The zero-order chi connectivity index (χ0) is 45.2. The summed E-state index contributed by atoms with van der Waals surface area (Å²) >= 11 is 0. The van der Waals surface area contributed by atoms with Crippen LogP contribution in [0.5, 0.6) is 0 Å². The van der Waals surface area contributed by atoms with Crippen molar-refractivity contribution in [3.8, 4) is 56.4 Å². The lowest BCUT2D eigenvalue weighted by Crippen LogP contribution is -2.47. The summed E-state index contributed by atoms with van der Waals surface area (Å²) in [5, 5.41) is 1.04. The first-order valence-electron chi connectivity index (χ1n) is 19.5. The lowest BCUT2D eigenvalue weighted by atomic mass is 9.64. The second-order valence-electron chi connectivity index (χ2n) is 15.4. The molecule has 19 heteroatoms. The number of hydrogen-bond acceptors (Lipinski definition) is 5. The molecule has 10 aromatic rings. The molecular formula is C45H13B14N3O2. The maximum Gasteiger partial charge on any atom is 0.164 e. The van der Waals surface area contributed by atoms with Crippen LogP contribution in [0.1, 0.15) is 0 Å². The molecule has 0 aliphatic rings. The molecule has 0 amide bonds. The Morgan fingerprint density at radius 1 is 0.266 bits per heavy atom. The third-order valence-electron chi connectivity index (χ3n) is 11.8. The smallest absolute Gasteiger partial charge is 0.164 e. The van der Waals surface area contributed by atoms with E-state index in [0.717, 1.165) is 22.3 Å². The van der Waals surface area contributed by atoms with Crippen LogP contribution < -0.4 is 76.5 Å². The van der Waals surface area contributed by atoms with Crippen molar-refractivity contribution in [3.63, 3.8) is 0 Å². The van der Waals surface area contributed by atoms with Gasteiger partial charge in [0.25, 0.3) is 0 Å². The van der Waals surface area contributed by atoms with Gasteiger partial charge >= 0.3 is 0 Å². The quantitative estimate of drug-likeness (QED) is 0.164. The highest BCUT2D eigenvalue weighted by atomic mass is 16.3. The van der Waals surface area contributed by atoms with Crippen molar-refractivity contribution in [2.24, 2.45) is 0 Å². The van der Waals surface area contributed by atoms with Gasteiger partial charge in [-0.2, -0.15) is 0 Å². The zero-order valence-corrected chi connectivity index (χ0v) is 33.7. The predicted octanol–water partition coefficient (Wildman–Crippen LogP) is -4.88. The van der Waals surface area contributed by atoms with E-state index in [0.29, 0.717) is 5.56 Å². The maximum atomic E-state index is 6.96. The summed E-state index contributed by atoms with van der Waals surface area (Å²) in [5.41, 5.74) is 5.40. The molecule has 0 saturated carbocycles. The van der Waals surface area contributed by atoms with E-state index in [2.05, 4.69) is 24.3 Å². The molecule has 0 atom stereocenters. The molecule has 5 nitrogen and oxygen atoms in total. The van der Waals surface area contributed by atoms with Crippen LogP contribution in [0, 0.1) is 0 Å². The van der Waals surface area contributed by atoms with E-state index >= 15 is 0 Å². The minimum Gasteiger partial charge on any atom is -0.457 e. The van der Waals surface area contributed by atoms with E-state index in [4.69, 9.17) is 134 Å². The van der Waals surface area contributed by atoms with E-state index in [1.54, 1.807) is 0 Å². The molecule has 28 radical (unpaired) electrons. The summed E-state index contributed by atoms with van der Waals surface area (Å²) in [6.07, 6.45) is 0. The maximum absolute atomic E-state index is 6.96. The third kappa shape index (κ3) is 6.16. The fourth-order valence-electron chi connectivity index (χ4n) is 8.31. The molecule has 0 bridgehead atoms. The number of rotatable bonds is 5. The number of furan rings is 2. The summed E-state index contributed by atoms with van der Waals surface area (Å²) in [7, 11) is 91.5. The molecular weight excluding hydrogens is 766 g/mol. The van der Waals surface area contributed by atoms with Gasteiger partial charge in [0.05, 0.1) is 0 Å². The lowest BCUT2D eigenvalue weighted by Gasteiger charge is -2.19. The molecule has 10 rings (SSSR count). The van der Waals surface area contributed by atoms with Crippen LogP contribution in [-0.4, -0.2) is 125 Å². The summed E-state index contributed by atoms with van der Waals surface area (Å²) in [6.45, 7) is 0. The van der Waals surface area contributed by atoms with Crippen molar-refractivity contribution >= 4 is 230 Å². The monoisotopic (exact) mass is 781 g/mol. The predicted molar refractivity (Wildman–Crippen MR) is 277 cm³/mol. The Kier molecular flexibility index (Phi) is 10.1. The Balaban J connectivity index is 1.26. The molecule has 0 fully saturated rings. The van der Waals surface area contributed by atoms with Crippen LogP contribution in [-0.2, 0) is 0 Å². The second-order valence-corrected chi connectivity index (χ2v) is 15.4. The van der Waals surface area contributed by atoms with E-state index in [1.165, 1.54) is 0 Å². The number of fused-ring (bicyclic) bond motifs is 6. The molecule has 7 aromatic carbocycles. The molecule has 0 unspecified atom stereocenters. The first kappa shape index (κ1) is 42.0. The molecule has 0 aliphatic carbocycles. The minimum atomic E-state index is -0.0457. The topological polar surface area (TPSA) is 65.0 Å². The van der Waals surface area contributed by atoms with E-state index in [-0.39, 0.29) is 149 Å². The Labute approximate surface area is 387 Å². The van der Waals surface area contributed by atoms with Gasteiger partial charge in [0.15, 0.2) is 17.5 Å². The van der Waals surface area contributed by atoms with Gasteiger partial charge in [-0.25, -0.2) is 15.0 Å². The van der Waals surface area contributed by atoms with Crippen molar-refractivity contribution in [1.29, 1.82) is 0 Å². The number of nitrogens with zero attached hydrogens (tertiary/aromatic N) is 3. The third-order valence-corrected chi connectivity index (χ3v) is 11.8. The zero-order valence-electron chi connectivity index (χ0n) is 33.7. The average molecular weight is 779 g/mol. The summed E-state index contributed by atoms with van der Waals surface area (Å²) in [5.74, 6) is 0.0874. The highest BCUT2D eigenvalue weighted by Gasteiger charge is 2.27. The molecule has 0 spiro atoms. The average Bonchev–Trinajstić information content (AvgIpc) is 3.92. The molecule has 3 heterocycles. The summed E-state index contributed by atoms with van der Waals surface area (Å²) in [4.78, 5) is 14.8. The minimum absolute atomic E-state index is 0.00115. The van der Waals surface area contributed by atoms with Crippen LogP contribution in [0.15, 0.2) is 87.7 Å². The molecule has 3 aromatic heterocycles. The van der Waals surface area contributed by atoms with Crippen molar-refractivity contribution < 1.29 is 8.83 Å². The summed E-state index contributed by atoms with van der Waals surface area (Å²) < 4.78 is 12.5. The first-order chi connectivity index (χ1) is 30.6. The largest absolute Gasteiger partial charge is 0.457 e. The molecule has 0 N–H and O–H groups in total. The van der Waals surface area contributed by atoms with Gasteiger partial charge in [-0.05, 0) is 33.8 Å². The highest BCUT2D eigenvalue weighted by Crippen LogP contribution is 2.34. The molecule has 262 valence electrons. The van der Waals surface area contributed by atoms with Crippen molar-refractivity contribution in [2.45, 2.75) is 0 Å². The van der Waals surface area contributed by atoms with Gasteiger partial charge in [0, 0.05) is 38.2 Å². The molecule has 64 heavy (non-hydrogen) atoms. The number of benzene rings is 7. The molecule has 0 saturated heterocycles. The van der Waals surface area contributed by atoms with Crippen LogP contribution in [0.3, 0.4) is 0 Å². The fraction of sp³-hybridized carbons (Fsp3) is 0. The Morgan fingerprint density at radius 3 is 1.17 bits per heavy atom. The standard InChI is InChI=1S/C45H13B14N3O2/c46-25-21-22-27(48)32(53)35(56)38(59)42(22)64-40(21)30(51)24(29(25)50)45-61-43(16-11-9-15(10-12-16)18-8-4-7-17(13-18)14-5-2-1-3-6-14)60-44(62-45)23-19-20-26(47)31(52)34(55)37(58)41(20)63-39(19)36(57)33(54)28(23)49/h1-13H. The number of hydrogen-bond donors (Lipinski definition) is 0. The van der Waals surface area contributed by atoms with Crippen LogP contribution in [0.2, 0.25) is 0 Å². The Morgan fingerprint density at radius 2 is 0.625 bits per heavy atom.